The molecule has 6 aliphatic rings. The van der Waals surface area contributed by atoms with E-state index in [1.165, 1.54) is 27.7 Å². The van der Waals surface area contributed by atoms with Crippen LogP contribution < -0.4 is 16.0 Å². The van der Waals surface area contributed by atoms with E-state index >= 15 is 0 Å². The lowest BCUT2D eigenvalue weighted by atomic mass is 9.92. The standard InChI is InChI=1S/C102H112N4O23/c1-64-87(121-68(5)110)92(128-99-84(103-65(2)107)91(114-57-71-35-17-8-18-36-71)88-82(122-99)62-117-96(125-88)77-41-21-10-22-42-77)85(104-66(3)108)98(120-64)129-93-86(105-67(4)109)100(123-83-63-118-97(126-89(83)93)78-43-23-11-24-44-78)127-90-81(61-112-56-70-33-15-7-16-34-70)124-101(113-52-30-12-29-51-106(55-69-31-13-6-14-32-69)102(111)119-58-72-37-19-9-20-38-72)95(116-60-74-48-50-76-40-26-28-46-80(76)54-74)94(90)115-59-73-47-49-75-39-25-27-45-79(75)53-73/h6-11,13-28,31-50,53-54,64,81-101H,12,29-30,51-52,55-63H2,1-5H3,(H,103,107)(H,104,108)(H,105,109)/t64?,81-,82-,83-,84+,85?,86-,87?,88-,89+,90+,91-,92?,93-,94+,95-,96-,97+,98?,99+,100-,101+/m1/s1. The molecule has 0 saturated carbocycles. The van der Waals surface area contributed by atoms with Gasteiger partial charge in [-0.05, 0) is 93.2 Å². The molecule has 5 unspecified atom stereocenters. The number of hydrogen-bond donors (Lipinski definition) is 3. The van der Waals surface area contributed by atoms with Crippen LogP contribution in [0.1, 0.15) is 111 Å². The van der Waals surface area contributed by atoms with Crippen LogP contribution in [-0.4, -0.2) is 190 Å². The summed E-state index contributed by atoms with van der Waals surface area (Å²) < 4.78 is 126. The third-order valence-corrected chi connectivity index (χ3v) is 23.7. The first kappa shape index (κ1) is 91.5. The van der Waals surface area contributed by atoms with Gasteiger partial charge in [-0.2, -0.15) is 0 Å². The van der Waals surface area contributed by atoms with Gasteiger partial charge >= 0.3 is 12.1 Å². The maximum absolute atomic E-state index is 14.6. The van der Waals surface area contributed by atoms with Crippen molar-refractivity contribution in [3.63, 3.8) is 0 Å². The third kappa shape index (κ3) is 24.1. The molecule has 6 saturated heterocycles. The first-order chi connectivity index (χ1) is 63.0. The molecule has 27 heteroatoms. The summed E-state index contributed by atoms with van der Waals surface area (Å²) in [5.74, 6) is -2.32. The summed E-state index contributed by atoms with van der Waals surface area (Å²) >= 11 is 0. The van der Waals surface area contributed by atoms with Crippen molar-refractivity contribution in [2.24, 2.45) is 0 Å². The van der Waals surface area contributed by atoms with E-state index in [4.69, 9.17) is 85.3 Å². The van der Waals surface area contributed by atoms with Crippen LogP contribution in [0.2, 0.25) is 0 Å². The van der Waals surface area contributed by atoms with E-state index in [1.54, 1.807) is 11.8 Å². The molecule has 16 rings (SSSR count). The largest absolute Gasteiger partial charge is 0.457 e. The summed E-state index contributed by atoms with van der Waals surface area (Å²) in [4.78, 5) is 72.1. The Morgan fingerprint density at radius 2 is 0.806 bits per heavy atom. The molecule has 129 heavy (non-hydrogen) atoms. The fraction of sp³-hybridized carbons (Fsp3) is 0.402. The molecule has 3 N–H and O–H groups in total. The Morgan fingerprint density at radius 3 is 1.34 bits per heavy atom. The zero-order chi connectivity index (χ0) is 89.0. The second-order valence-corrected chi connectivity index (χ2v) is 33.3. The third-order valence-electron chi connectivity index (χ3n) is 23.7. The Hall–Kier alpha value is -10.8. The number of fused-ring (bicyclic) bond motifs is 4. The lowest BCUT2D eigenvalue weighted by molar-refractivity contribution is -0.394. The minimum Gasteiger partial charge on any atom is -0.457 e. The molecule has 27 nitrogen and oxygen atoms in total. The van der Waals surface area contributed by atoms with Crippen molar-refractivity contribution in [3.8, 4) is 0 Å². The molecule has 6 heterocycles. The normalized spacial score (nSPS) is 27.9. The number of amides is 4. The Bertz CT molecular complexity index is 5250. The van der Waals surface area contributed by atoms with E-state index in [2.05, 4.69) is 28.1 Å². The first-order valence-electron chi connectivity index (χ1n) is 44.3. The van der Waals surface area contributed by atoms with Crippen molar-refractivity contribution in [1.29, 1.82) is 0 Å². The maximum Gasteiger partial charge on any atom is 0.410 e. The molecule has 6 fully saturated rings. The molecule has 0 bridgehead atoms. The molecule has 6 aliphatic heterocycles. The Balaban J connectivity index is 0.754. The number of nitrogens with one attached hydrogen (secondary N) is 3. The molecule has 0 aliphatic carbocycles. The zero-order valence-corrected chi connectivity index (χ0v) is 72.8. The van der Waals surface area contributed by atoms with Gasteiger partial charge in [0.1, 0.15) is 91.9 Å². The van der Waals surface area contributed by atoms with Crippen LogP contribution in [0.3, 0.4) is 0 Å². The van der Waals surface area contributed by atoms with Crippen molar-refractivity contribution in [2.45, 2.75) is 229 Å². The molecule has 10 aromatic carbocycles. The highest BCUT2D eigenvalue weighted by atomic mass is 16.8. The second kappa shape index (κ2) is 44.7. The first-order valence-corrected chi connectivity index (χ1v) is 44.3. The van der Waals surface area contributed by atoms with Gasteiger partial charge in [0, 0.05) is 58.5 Å². The number of hydrogen-bond acceptors (Lipinski definition) is 23. The molecule has 10 aromatic rings. The van der Waals surface area contributed by atoms with Gasteiger partial charge in [-0.3, -0.25) is 19.2 Å². The van der Waals surface area contributed by atoms with E-state index in [-0.39, 0.29) is 59.5 Å². The Morgan fingerprint density at radius 1 is 0.372 bits per heavy atom. The highest BCUT2D eigenvalue weighted by Gasteiger charge is 2.60. The van der Waals surface area contributed by atoms with E-state index in [0.29, 0.717) is 37.9 Å². The average Bonchev–Trinajstić information content (AvgIpc) is 0.748. The molecule has 0 aromatic heterocycles. The summed E-state index contributed by atoms with van der Waals surface area (Å²) in [5.41, 5.74) is 6.59. The quantitative estimate of drug-likeness (QED) is 0.0243. The van der Waals surface area contributed by atoms with Gasteiger partial charge in [-0.1, -0.05) is 255 Å². The van der Waals surface area contributed by atoms with Crippen molar-refractivity contribution in [1.82, 2.24) is 20.9 Å². The number of carbonyl (C=O) groups excluding carboxylic acids is 5. The van der Waals surface area contributed by atoms with Gasteiger partial charge in [-0.15, -0.1) is 0 Å². The molecule has 4 amide bonds. The summed E-state index contributed by atoms with van der Waals surface area (Å²) in [6.07, 6.45) is -21.2. The molecule has 0 spiro atoms. The van der Waals surface area contributed by atoms with Gasteiger partial charge in [-0.25, -0.2) is 4.79 Å². The van der Waals surface area contributed by atoms with Gasteiger partial charge in [0.15, 0.2) is 43.8 Å². The van der Waals surface area contributed by atoms with Crippen molar-refractivity contribution in [2.75, 3.05) is 33.0 Å². The van der Waals surface area contributed by atoms with Crippen LogP contribution >= 0.6 is 0 Å². The summed E-state index contributed by atoms with van der Waals surface area (Å²) in [5, 5.41) is 13.3. The van der Waals surface area contributed by atoms with Crippen LogP contribution in [0.5, 0.6) is 0 Å². The SMILES string of the molecule is CC(=O)NC1C(O[C@@H]2[C@@H](NC(C)=O)[C@@H](O[C@@H]3[C@H](OCc4ccc5ccccc5c4)[C@@H](OCc4ccc5ccccc5c4)[C@@H](OCCCCCN(Cc4ccccc4)C(=O)OCc4ccccc4)O[C@@H]3COCc3ccccc3)O[C@@H]3CO[C@H](c4ccccc4)O[C@H]23)OC(C)C(OC(C)=O)C1O[C@@H]1O[C@@H]2CO[C@@H](c3ccccc3)O[C@H]2[C@H](OCc2ccccc2)[C@@H]1NC(C)=O. The minimum atomic E-state index is -1.60. The fourth-order valence-electron chi connectivity index (χ4n) is 17.5. The highest BCUT2D eigenvalue weighted by Crippen LogP contribution is 2.43. The predicted molar refractivity (Wildman–Crippen MR) is 473 cm³/mol. The van der Waals surface area contributed by atoms with Crippen molar-refractivity contribution >= 4 is 51.3 Å². The van der Waals surface area contributed by atoms with Crippen LogP contribution in [0.4, 0.5) is 4.79 Å². The average molecular weight is 1760 g/mol. The van der Waals surface area contributed by atoms with E-state index < -0.39 is 165 Å². The summed E-state index contributed by atoms with van der Waals surface area (Å²) in [6, 6.07) is 81.8. The van der Waals surface area contributed by atoms with E-state index in [9.17, 15) is 24.0 Å². The smallest absolute Gasteiger partial charge is 0.410 e. The van der Waals surface area contributed by atoms with Crippen molar-refractivity contribution in [3.05, 3.63) is 311 Å². The number of esters is 1. The molecular weight excluding hydrogens is 1650 g/mol. The molecule has 0 radical (unpaired) electrons. The van der Waals surface area contributed by atoms with Crippen LogP contribution in [0.25, 0.3) is 21.5 Å². The van der Waals surface area contributed by atoms with Gasteiger partial charge in [0.25, 0.3) is 0 Å². The number of carbonyl (C=O) groups is 5. The summed E-state index contributed by atoms with van der Waals surface area (Å²) in [7, 11) is 0. The van der Waals surface area contributed by atoms with Gasteiger partial charge in [0.05, 0.1) is 52.4 Å². The number of rotatable bonds is 36. The zero-order valence-electron chi connectivity index (χ0n) is 72.8. The van der Waals surface area contributed by atoms with Crippen LogP contribution in [0.15, 0.2) is 267 Å². The van der Waals surface area contributed by atoms with Crippen LogP contribution in [-0.2, 0) is 144 Å². The Labute approximate surface area is 750 Å². The predicted octanol–water partition coefficient (Wildman–Crippen LogP) is 14.0. The number of nitrogens with zero attached hydrogens (tertiary/aromatic N) is 1. The van der Waals surface area contributed by atoms with E-state index in [1.807, 2.05) is 255 Å². The van der Waals surface area contributed by atoms with E-state index in [0.717, 1.165) is 60.5 Å². The monoisotopic (exact) mass is 1760 g/mol. The lowest BCUT2D eigenvalue weighted by Crippen LogP contribution is -2.73. The minimum absolute atomic E-state index is 0.0120. The molecule has 22 atom stereocenters. The lowest BCUT2D eigenvalue weighted by Gasteiger charge is -2.54. The molecule has 678 valence electrons. The number of ether oxygens (including phenoxy) is 18. The Kier molecular flexibility index (Phi) is 31.7. The van der Waals surface area contributed by atoms with Crippen LogP contribution in [0, 0.1) is 0 Å². The number of benzene rings is 10. The second-order valence-electron chi connectivity index (χ2n) is 33.3. The van der Waals surface area contributed by atoms with Crippen molar-refractivity contribution < 1.29 is 109 Å². The topological polar surface area (TPSA) is 291 Å². The molecular formula is C102H112N4O23. The van der Waals surface area contributed by atoms with Gasteiger partial charge in [0.2, 0.25) is 17.7 Å². The highest BCUT2D eigenvalue weighted by molar-refractivity contribution is 5.84. The van der Waals surface area contributed by atoms with Gasteiger partial charge < -0.3 is 106 Å². The maximum atomic E-state index is 14.6. The fourth-order valence-corrected chi connectivity index (χ4v) is 17.5. The summed E-state index contributed by atoms with van der Waals surface area (Å²) in [6.45, 7) is 7.95. The number of unbranched alkanes of at least 4 members (excludes halogenated alkanes) is 2.